The minimum atomic E-state index is -0.161. The first-order valence-corrected chi connectivity index (χ1v) is 10.8. The molecule has 4 rings (SSSR count). The highest BCUT2D eigenvalue weighted by Gasteiger charge is 2.21. The number of hydrogen-bond donors (Lipinski definition) is 1. The molecule has 4 aromatic rings. The number of para-hydroxylation sites is 2. The molecule has 0 aliphatic rings. The molecule has 1 amide bonds. The number of carbonyl (C=O) groups excluding carboxylic acids is 1. The highest BCUT2D eigenvalue weighted by atomic mass is 16.1. The Morgan fingerprint density at radius 2 is 1.67 bits per heavy atom. The van der Waals surface area contributed by atoms with E-state index in [-0.39, 0.29) is 17.9 Å². The van der Waals surface area contributed by atoms with Crippen molar-refractivity contribution >= 4 is 27.7 Å². The molecule has 0 aliphatic carbocycles. The van der Waals surface area contributed by atoms with E-state index < -0.39 is 0 Å². The second kappa shape index (κ2) is 8.70. The number of benzene rings is 3. The molecular formula is C26H29N3O. The van der Waals surface area contributed by atoms with Gasteiger partial charge < -0.3 is 9.88 Å². The van der Waals surface area contributed by atoms with Gasteiger partial charge in [-0.2, -0.15) is 0 Å². The van der Waals surface area contributed by atoms with Crippen molar-refractivity contribution in [1.82, 2.24) is 14.9 Å². The Morgan fingerprint density at radius 1 is 0.967 bits per heavy atom. The maximum absolute atomic E-state index is 12.7. The largest absolute Gasteiger partial charge is 0.346 e. The number of imidazole rings is 1. The average Bonchev–Trinajstić information content (AvgIpc) is 3.13. The minimum absolute atomic E-state index is 0.0470. The van der Waals surface area contributed by atoms with Crippen LogP contribution in [0.25, 0.3) is 21.8 Å². The van der Waals surface area contributed by atoms with Crippen LogP contribution in [0.15, 0.2) is 66.7 Å². The highest BCUT2D eigenvalue weighted by Crippen LogP contribution is 2.24. The molecule has 1 unspecified atom stereocenters. The van der Waals surface area contributed by atoms with Gasteiger partial charge in [0.2, 0.25) is 5.91 Å². The predicted molar refractivity (Wildman–Crippen MR) is 123 cm³/mol. The molecule has 1 heterocycles. The number of aromatic nitrogens is 2. The Morgan fingerprint density at radius 3 is 2.43 bits per heavy atom. The van der Waals surface area contributed by atoms with E-state index >= 15 is 0 Å². The molecule has 3 aromatic carbocycles. The zero-order valence-corrected chi connectivity index (χ0v) is 17.9. The lowest BCUT2D eigenvalue weighted by Crippen LogP contribution is -2.33. The predicted octanol–water partition coefficient (Wildman–Crippen LogP) is 5.85. The maximum Gasteiger partial charge on any atom is 0.223 e. The van der Waals surface area contributed by atoms with Crippen LogP contribution >= 0.6 is 0 Å². The Hall–Kier alpha value is -3.14. The van der Waals surface area contributed by atoms with Crippen molar-refractivity contribution in [2.24, 2.45) is 5.92 Å². The first-order chi connectivity index (χ1) is 14.6. The second-order valence-corrected chi connectivity index (χ2v) is 7.97. The molecule has 0 radical (unpaired) electrons. The second-order valence-electron chi connectivity index (χ2n) is 7.97. The van der Waals surface area contributed by atoms with Crippen molar-refractivity contribution in [1.29, 1.82) is 0 Å². The molecule has 0 aliphatic heterocycles. The summed E-state index contributed by atoms with van der Waals surface area (Å²) >= 11 is 0. The van der Waals surface area contributed by atoms with Crippen LogP contribution in [0, 0.1) is 5.92 Å². The number of rotatable bonds is 7. The third-order valence-corrected chi connectivity index (χ3v) is 5.94. The smallest absolute Gasteiger partial charge is 0.223 e. The third-order valence-electron chi connectivity index (χ3n) is 5.94. The van der Waals surface area contributed by atoms with Crippen molar-refractivity contribution in [3.8, 4) is 0 Å². The Labute approximate surface area is 177 Å². The van der Waals surface area contributed by atoms with Gasteiger partial charge in [-0.1, -0.05) is 62.4 Å². The number of nitrogens with zero attached hydrogens (tertiary/aromatic N) is 2. The first-order valence-electron chi connectivity index (χ1n) is 10.8. The summed E-state index contributed by atoms with van der Waals surface area (Å²) in [6.45, 7) is 6.87. The molecule has 0 bridgehead atoms. The lowest BCUT2D eigenvalue weighted by atomic mass is 10.0. The minimum Gasteiger partial charge on any atom is -0.346 e. The molecule has 1 atom stereocenters. The highest BCUT2D eigenvalue weighted by molar-refractivity contribution is 5.83. The van der Waals surface area contributed by atoms with E-state index in [1.54, 1.807) is 0 Å². The Bertz CT molecular complexity index is 1170. The lowest BCUT2D eigenvalue weighted by Gasteiger charge is -2.19. The van der Waals surface area contributed by atoms with E-state index in [4.69, 9.17) is 4.98 Å². The quantitative estimate of drug-likeness (QED) is 0.424. The number of nitrogens with one attached hydrogen (secondary N) is 1. The fraction of sp³-hybridized carbons (Fsp3) is 0.308. The molecule has 0 saturated carbocycles. The number of fused-ring (bicyclic) bond motifs is 2. The summed E-state index contributed by atoms with van der Waals surface area (Å²) in [4.78, 5) is 17.6. The van der Waals surface area contributed by atoms with Crippen LogP contribution in [0.3, 0.4) is 0 Å². The lowest BCUT2D eigenvalue weighted by molar-refractivity contribution is -0.125. The van der Waals surface area contributed by atoms with Gasteiger partial charge in [0.1, 0.15) is 5.82 Å². The van der Waals surface area contributed by atoms with Gasteiger partial charge in [-0.25, -0.2) is 4.98 Å². The standard InChI is InChI=1S/C26H29N3O/c1-4-20(5-2)26(30)27-18(3)25-28-23-12-8-9-13-24(23)29(25)17-19-14-15-21-10-6-7-11-22(21)16-19/h6-16,18,20H,4-5,17H2,1-3H3,(H,27,30). The van der Waals surface area contributed by atoms with Crippen LogP contribution in [-0.2, 0) is 11.3 Å². The Kier molecular flexibility index (Phi) is 5.84. The summed E-state index contributed by atoms with van der Waals surface area (Å²) in [5.74, 6) is 1.05. The van der Waals surface area contributed by atoms with Gasteiger partial charge in [-0.3, -0.25) is 4.79 Å². The summed E-state index contributed by atoms with van der Waals surface area (Å²) in [6, 6.07) is 23.0. The zero-order chi connectivity index (χ0) is 21.1. The molecule has 0 fully saturated rings. The number of amides is 1. The molecule has 154 valence electrons. The van der Waals surface area contributed by atoms with Gasteiger partial charge in [-0.05, 0) is 54.3 Å². The first kappa shape index (κ1) is 20.1. The van der Waals surface area contributed by atoms with Gasteiger partial charge in [0.25, 0.3) is 0 Å². The summed E-state index contributed by atoms with van der Waals surface area (Å²) in [5.41, 5.74) is 3.26. The Balaban J connectivity index is 1.70. The molecule has 4 nitrogen and oxygen atoms in total. The van der Waals surface area contributed by atoms with E-state index in [1.807, 2.05) is 25.1 Å². The monoisotopic (exact) mass is 399 g/mol. The molecule has 30 heavy (non-hydrogen) atoms. The zero-order valence-electron chi connectivity index (χ0n) is 17.9. The summed E-state index contributed by atoms with van der Waals surface area (Å²) in [7, 11) is 0. The normalized spacial score (nSPS) is 12.5. The molecular weight excluding hydrogens is 370 g/mol. The van der Waals surface area contributed by atoms with Crippen LogP contribution in [0.1, 0.15) is 51.0 Å². The van der Waals surface area contributed by atoms with Crippen molar-refractivity contribution in [3.63, 3.8) is 0 Å². The maximum atomic E-state index is 12.7. The van der Waals surface area contributed by atoms with E-state index in [0.29, 0.717) is 6.54 Å². The van der Waals surface area contributed by atoms with Crippen LogP contribution in [0.5, 0.6) is 0 Å². The summed E-state index contributed by atoms with van der Waals surface area (Å²) in [5, 5.41) is 5.66. The van der Waals surface area contributed by atoms with Gasteiger partial charge in [0, 0.05) is 12.5 Å². The topological polar surface area (TPSA) is 46.9 Å². The molecule has 1 N–H and O–H groups in total. The van der Waals surface area contributed by atoms with E-state index in [0.717, 1.165) is 29.7 Å². The van der Waals surface area contributed by atoms with Crippen molar-refractivity contribution in [2.45, 2.75) is 46.2 Å². The van der Waals surface area contributed by atoms with Crippen LogP contribution in [-0.4, -0.2) is 15.5 Å². The van der Waals surface area contributed by atoms with E-state index in [2.05, 4.69) is 72.3 Å². The summed E-state index contributed by atoms with van der Waals surface area (Å²) < 4.78 is 2.23. The molecule has 1 aromatic heterocycles. The van der Waals surface area contributed by atoms with Gasteiger partial charge in [-0.15, -0.1) is 0 Å². The van der Waals surface area contributed by atoms with Crippen LogP contribution in [0.2, 0.25) is 0 Å². The van der Waals surface area contributed by atoms with Gasteiger partial charge in [0.05, 0.1) is 17.1 Å². The average molecular weight is 400 g/mol. The molecule has 0 saturated heterocycles. The SMILES string of the molecule is CCC(CC)C(=O)NC(C)c1nc2ccccc2n1Cc1ccc2ccccc2c1. The molecule has 4 heteroatoms. The van der Waals surface area contributed by atoms with Crippen LogP contribution in [0.4, 0.5) is 0 Å². The van der Waals surface area contributed by atoms with Crippen LogP contribution < -0.4 is 5.32 Å². The van der Waals surface area contributed by atoms with Crippen molar-refractivity contribution < 1.29 is 4.79 Å². The van der Waals surface area contributed by atoms with Gasteiger partial charge >= 0.3 is 0 Å². The third kappa shape index (κ3) is 3.95. The summed E-state index contributed by atoms with van der Waals surface area (Å²) in [6.07, 6.45) is 1.70. The van der Waals surface area contributed by atoms with Crippen molar-refractivity contribution in [2.75, 3.05) is 0 Å². The van der Waals surface area contributed by atoms with E-state index in [1.165, 1.54) is 16.3 Å². The fourth-order valence-electron chi connectivity index (χ4n) is 4.17. The van der Waals surface area contributed by atoms with Crippen molar-refractivity contribution in [3.05, 3.63) is 78.1 Å². The van der Waals surface area contributed by atoms with E-state index in [9.17, 15) is 4.79 Å². The number of carbonyl (C=O) groups is 1. The fourth-order valence-corrected chi connectivity index (χ4v) is 4.17. The molecule has 0 spiro atoms. The number of hydrogen-bond acceptors (Lipinski definition) is 2. The van der Waals surface area contributed by atoms with Gasteiger partial charge in [0.15, 0.2) is 0 Å².